The van der Waals surface area contributed by atoms with Gasteiger partial charge in [0, 0.05) is 58.5 Å². The van der Waals surface area contributed by atoms with Crippen molar-refractivity contribution in [3.63, 3.8) is 0 Å². The standard InChI is InChI=1S/C51H31N5S/c1-4-15-32(16-5-1)36-23-14-26-46-48(36)39-28-27-34(29-47(39)57-46)50-52-49(33-17-6-2-7-18-33)53-51(54-50)56-43-25-13-11-22-38(43)41-30-44-40(31-45(41)56)37-21-10-12-24-42(37)55(44)35-19-8-3-9-20-35/h1-31H. The molecule has 0 aliphatic heterocycles. The monoisotopic (exact) mass is 745 g/mol. The Bertz CT molecular complexity index is 3510. The van der Waals surface area contributed by atoms with Gasteiger partial charge in [0.2, 0.25) is 5.95 Å². The molecule has 12 rings (SSSR count). The molecule has 0 saturated heterocycles. The summed E-state index contributed by atoms with van der Waals surface area (Å²) in [5.41, 5.74) is 9.90. The van der Waals surface area contributed by atoms with Crippen molar-refractivity contribution in [3.8, 4) is 45.5 Å². The molecule has 8 aromatic carbocycles. The molecule has 0 amide bonds. The van der Waals surface area contributed by atoms with Crippen LogP contribution in [0.15, 0.2) is 188 Å². The molecule has 0 unspecified atom stereocenters. The summed E-state index contributed by atoms with van der Waals surface area (Å²) >= 11 is 1.81. The van der Waals surface area contributed by atoms with E-state index in [-0.39, 0.29) is 0 Å². The lowest BCUT2D eigenvalue weighted by atomic mass is 9.99. The SMILES string of the molecule is c1ccc(-c2nc(-c3ccc4c(c3)sc3cccc(-c5ccccc5)c34)nc(-n3c4ccccc4c4cc5c(cc43)c3ccccc3n5-c3ccccc3)n2)cc1. The summed E-state index contributed by atoms with van der Waals surface area (Å²) in [4.78, 5) is 15.7. The maximum Gasteiger partial charge on any atom is 0.238 e. The van der Waals surface area contributed by atoms with Gasteiger partial charge in [-0.25, -0.2) is 4.98 Å². The molecule has 0 aliphatic rings. The Morgan fingerprint density at radius 1 is 0.351 bits per heavy atom. The van der Waals surface area contributed by atoms with Gasteiger partial charge in [-0.15, -0.1) is 11.3 Å². The fourth-order valence-corrected chi connectivity index (χ4v) is 9.81. The molecule has 5 nitrogen and oxygen atoms in total. The first-order chi connectivity index (χ1) is 28.3. The maximum atomic E-state index is 5.33. The minimum absolute atomic E-state index is 0.582. The van der Waals surface area contributed by atoms with E-state index in [0.29, 0.717) is 17.6 Å². The summed E-state index contributed by atoms with van der Waals surface area (Å²) in [6.45, 7) is 0. The van der Waals surface area contributed by atoms with Crippen LogP contribution in [-0.4, -0.2) is 24.1 Å². The molecule has 0 aliphatic carbocycles. The van der Waals surface area contributed by atoms with Crippen molar-refractivity contribution in [3.05, 3.63) is 188 Å². The van der Waals surface area contributed by atoms with Gasteiger partial charge in [0.25, 0.3) is 0 Å². The largest absolute Gasteiger partial charge is 0.309 e. The van der Waals surface area contributed by atoms with Gasteiger partial charge < -0.3 is 4.57 Å². The molecule has 0 bridgehead atoms. The van der Waals surface area contributed by atoms with Crippen LogP contribution < -0.4 is 0 Å². The Labute approximate surface area is 331 Å². The summed E-state index contributed by atoms with van der Waals surface area (Å²) in [5.74, 6) is 1.85. The number of aromatic nitrogens is 5. The molecule has 266 valence electrons. The van der Waals surface area contributed by atoms with Gasteiger partial charge in [-0.2, -0.15) is 9.97 Å². The second kappa shape index (κ2) is 12.6. The van der Waals surface area contributed by atoms with Crippen molar-refractivity contribution in [1.82, 2.24) is 24.1 Å². The summed E-state index contributed by atoms with van der Waals surface area (Å²) < 4.78 is 7.05. The average molecular weight is 746 g/mol. The predicted molar refractivity (Wildman–Crippen MR) is 238 cm³/mol. The molecule has 0 N–H and O–H groups in total. The molecule has 4 heterocycles. The second-order valence-corrected chi connectivity index (χ2v) is 15.5. The lowest BCUT2D eigenvalue weighted by molar-refractivity contribution is 0.954. The van der Waals surface area contributed by atoms with Crippen LogP contribution in [0.3, 0.4) is 0 Å². The Hall–Kier alpha value is -7.41. The number of para-hydroxylation sites is 3. The van der Waals surface area contributed by atoms with Gasteiger partial charge in [0.15, 0.2) is 11.6 Å². The number of fused-ring (bicyclic) bond motifs is 9. The zero-order valence-corrected chi connectivity index (χ0v) is 31.4. The first kappa shape index (κ1) is 31.9. The van der Waals surface area contributed by atoms with E-state index < -0.39 is 0 Å². The first-order valence-corrected chi connectivity index (χ1v) is 19.9. The second-order valence-electron chi connectivity index (χ2n) is 14.4. The number of rotatable bonds is 5. The van der Waals surface area contributed by atoms with Crippen LogP contribution >= 0.6 is 11.3 Å². The maximum absolute atomic E-state index is 5.33. The van der Waals surface area contributed by atoms with E-state index in [0.717, 1.165) is 44.1 Å². The van der Waals surface area contributed by atoms with Crippen LogP contribution in [0.1, 0.15) is 0 Å². The Morgan fingerprint density at radius 2 is 0.930 bits per heavy atom. The summed E-state index contributed by atoms with van der Waals surface area (Å²) in [6, 6.07) is 66.7. The zero-order chi connectivity index (χ0) is 37.5. The Morgan fingerprint density at radius 3 is 1.63 bits per heavy atom. The molecule has 0 atom stereocenters. The topological polar surface area (TPSA) is 48.5 Å². The van der Waals surface area contributed by atoms with Crippen molar-refractivity contribution in [1.29, 1.82) is 0 Å². The average Bonchev–Trinajstić information content (AvgIpc) is 3.93. The fraction of sp³-hybridized carbons (Fsp3) is 0. The molecule has 0 fully saturated rings. The molecular formula is C51H31N5S. The van der Waals surface area contributed by atoms with Gasteiger partial charge in [-0.05, 0) is 59.7 Å². The number of hydrogen-bond donors (Lipinski definition) is 0. The molecule has 0 radical (unpaired) electrons. The summed E-state index contributed by atoms with van der Waals surface area (Å²) in [5, 5.41) is 7.17. The van der Waals surface area contributed by atoms with Crippen molar-refractivity contribution >= 4 is 75.1 Å². The molecule has 4 aromatic heterocycles. The van der Waals surface area contributed by atoms with Crippen molar-refractivity contribution in [2.75, 3.05) is 0 Å². The van der Waals surface area contributed by atoms with E-state index in [2.05, 4.69) is 179 Å². The van der Waals surface area contributed by atoms with E-state index >= 15 is 0 Å². The van der Waals surface area contributed by atoms with E-state index in [1.165, 1.54) is 47.6 Å². The van der Waals surface area contributed by atoms with Crippen LogP contribution in [-0.2, 0) is 0 Å². The van der Waals surface area contributed by atoms with Crippen LogP contribution in [0.4, 0.5) is 0 Å². The Balaban J connectivity index is 1.11. The van der Waals surface area contributed by atoms with E-state index in [4.69, 9.17) is 15.0 Å². The highest BCUT2D eigenvalue weighted by atomic mass is 32.1. The zero-order valence-electron chi connectivity index (χ0n) is 30.5. The minimum Gasteiger partial charge on any atom is -0.309 e. The van der Waals surface area contributed by atoms with Gasteiger partial charge in [0.05, 0.1) is 22.1 Å². The smallest absolute Gasteiger partial charge is 0.238 e. The highest BCUT2D eigenvalue weighted by Crippen LogP contribution is 2.42. The third-order valence-corrected chi connectivity index (χ3v) is 12.3. The number of hydrogen-bond acceptors (Lipinski definition) is 4. The molecule has 0 saturated carbocycles. The lowest BCUT2D eigenvalue weighted by Gasteiger charge is -2.11. The predicted octanol–water partition coefficient (Wildman–Crippen LogP) is 13.4. The van der Waals surface area contributed by atoms with Crippen molar-refractivity contribution in [2.24, 2.45) is 0 Å². The molecule has 12 aromatic rings. The van der Waals surface area contributed by atoms with Gasteiger partial charge in [0.1, 0.15) is 0 Å². The Kier molecular flexibility index (Phi) is 7.03. The quantitative estimate of drug-likeness (QED) is 0.176. The van der Waals surface area contributed by atoms with E-state index in [9.17, 15) is 0 Å². The number of thiophene rings is 1. The van der Waals surface area contributed by atoms with Crippen molar-refractivity contribution in [2.45, 2.75) is 0 Å². The molecule has 6 heteroatoms. The van der Waals surface area contributed by atoms with Gasteiger partial charge >= 0.3 is 0 Å². The first-order valence-electron chi connectivity index (χ1n) is 19.1. The van der Waals surface area contributed by atoms with Crippen LogP contribution in [0.5, 0.6) is 0 Å². The number of nitrogens with zero attached hydrogens (tertiary/aromatic N) is 5. The molecule has 57 heavy (non-hydrogen) atoms. The summed E-state index contributed by atoms with van der Waals surface area (Å²) in [6.07, 6.45) is 0. The number of benzene rings is 8. The summed E-state index contributed by atoms with van der Waals surface area (Å²) in [7, 11) is 0. The highest BCUT2D eigenvalue weighted by molar-refractivity contribution is 7.26. The molecular weight excluding hydrogens is 715 g/mol. The van der Waals surface area contributed by atoms with Crippen LogP contribution in [0.2, 0.25) is 0 Å². The third-order valence-electron chi connectivity index (χ3n) is 11.2. The highest BCUT2D eigenvalue weighted by Gasteiger charge is 2.21. The van der Waals surface area contributed by atoms with Crippen molar-refractivity contribution < 1.29 is 0 Å². The van der Waals surface area contributed by atoms with Crippen LogP contribution in [0, 0.1) is 0 Å². The lowest BCUT2D eigenvalue weighted by Crippen LogP contribution is -2.06. The minimum atomic E-state index is 0.582. The molecule has 0 spiro atoms. The van der Waals surface area contributed by atoms with Crippen LogP contribution in [0.25, 0.3) is 109 Å². The van der Waals surface area contributed by atoms with E-state index in [1.807, 2.05) is 29.5 Å². The van der Waals surface area contributed by atoms with Gasteiger partial charge in [-0.1, -0.05) is 140 Å². The van der Waals surface area contributed by atoms with Gasteiger partial charge in [-0.3, -0.25) is 4.57 Å². The van der Waals surface area contributed by atoms with E-state index in [1.54, 1.807) is 0 Å². The third kappa shape index (κ3) is 4.98. The fourth-order valence-electron chi connectivity index (χ4n) is 8.63. The normalized spacial score (nSPS) is 11.9.